The summed E-state index contributed by atoms with van der Waals surface area (Å²) < 4.78 is 26.9. The lowest BCUT2D eigenvalue weighted by Crippen LogP contribution is -2.36. The molecule has 0 atom stereocenters. The summed E-state index contributed by atoms with van der Waals surface area (Å²) in [7, 11) is 0. The monoisotopic (exact) mass is 380 g/mol. The highest BCUT2D eigenvalue weighted by atomic mass is 19.1. The second kappa shape index (κ2) is 8.85. The number of carbonyl (C=O) groups is 1. The minimum atomic E-state index is -0.512. The molecule has 5 nitrogen and oxygen atoms in total. The Labute approximate surface area is 161 Å². The first kappa shape index (κ1) is 19.2. The second-order valence-electron chi connectivity index (χ2n) is 6.07. The van der Waals surface area contributed by atoms with Crippen LogP contribution in [0.4, 0.5) is 14.5 Å². The second-order valence-corrected chi connectivity index (χ2v) is 6.07. The molecule has 0 bridgehead atoms. The molecule has 0 saturated carbocycles. The van der Waals surface area contributed by atoms with Crippen LogP contribution in [0.5, 0.6) is 0 Å². The molecule has 0 saturated heterocycles. The zero-order valence-electron chi connectivity index (χ0n) is 15.1. The average Bonchev–Trinajstić information content (AvgIpc) is 2.70. The van der Waals surface area contributed by atoms with Gasteiger partial charge in [-0.25, -0.2) is 13.8 Å². The zero-order chi connectivity index (χ0) is 19.9. The first-order valence-electron chi connectivity index (χ1n) is 8.55. The van der Waals surface area contributed by atoms with Crippen molar-refractivity contribution in [3.05, 3.63) is 95.3 Å². The summed E-state index contributed by atoms with van der Waals surface area (Å²) in [5.74, 6) is -1.19. The first-order valence-corrected chi connectivity index (χ1v) is 8.55. The Morgan fingerprint density at radius 2 is 1.75 bits per heavy atom. The summed E-state index contributed by atoms with van der Waals surface area (Å²) in [5, 5.41) is 5.58. The summed E-state index contributed by atoms with van der Waals surface area (Å²) in [4.78, 5) is 20.8. The van der Waals surface area contributed by atoms with Gasteiger partial charge in [-0.2, -0.15) is 0 Å². The highest BCUT2D eigenvalue weighted by Gasteiger charge is 2.11. The molecule has 142 valence electrons. The Kier molecular flexibility index (Phi) is 6.06. The molecule has 0 aliphatic heterocycles. The minimum absolute atomic E-state index is 0.161. The molecule has 2 N–H and O–H groups in total. The van der Waals surface area contributed by atoms with Gasteiger partial charge in [0.05, 0.1) is 6.54 Å². The number of nitrogens with zero attached hydrogens (tertiary/aromatic N) is 2. The van der Waals surface area contributed by atoms with Crippen LogP contribution in [0.1, 0.15) is 21.5 Å². The summed E-state index contributed by atoms with van der Waals surface area (Å²) in [6, 6.07) is 13.5. The number of nitrogens with one attached hydrogen (secondary N) is 2. The van der Waals surface area contributed by atoms with Crippen molar-refractivity contribution >= 4 is 17.6 Å². The van der Waals surface area contributed by atoms with Gasteiger partial charge in [-0.05, 0) is 66.6 Å². The first-order chi connectivity index (χ1) is 13.5. The number of anilines is 1. The van der Waals surface area contributed by atoms with Gasteiger partial charge in [-0.3, -0.25) is 15.1 Å². The Bertz CT molecular complexity index is 989. The van der Waals surface area contributed by atoms with Crippen LogP contribution in [0.3, 0.4) is 0 Å². The van der Waals surface area contributed by atoms with Crippen LogP contribution in [0.2, 0.25) is 0 Å². The van der Waals surface area contributed by atoms with E-state index in [0.29, 0.717) is 11.3 Å². The maximum Gasteiger partial charge on any atom is 0.258 e. The quantitative estimate of drug-likeness (QED) is 0.530. The van der Waals surface area contributed by atoms with Crippen LogP contribution in [-0.4, -0.2) is 16.9 Å². The molecule has 7 heteroatoms. The number of rotatable bonds is 4. The van der Waals surface area contributed by atoms with E-state index in [2.05, 4.69) is 20.6 Å². The molecular formula is C21H18F2N4O. The van der Waals surface area contributed by atoms with Crippen LogP contribution in [0.15, 0.2) is 72.0 Å². The van der Waals surface area contributed by atoms with Crippen LogP contribution in [-0.2, 0) is 6.54 Å². The van der Waals surface area contributed by atoms with Crippen molar-refractivity contribution in [3.63, 3.8) is 0 Å². The third-order valence-electron chi connectivity index (χ3n) is 3.94. The van der Waals surface area contributed by atoms with Crippen molar-refractivity contribution in [2.75, 3.05) is 5.32 Å². The molecule has 0 spiro atoms. The number of hydrogen-bond donors (Lipinski definition) is 2. The molecule has 1 heterocycles. The molecule has 0 radical (unpaired) electrons. The van der Waals surface area contributed by atoms with E-state index >= 15 is 0 Å². The standard InChI is InChI=1S/C21H18F2N4O/c1-14-2-3-16(12-19(14)23)20(28)27-21(25-13-15-8-10-24-11-9-15)26-18-6-4-17(22)5-7-18/h2-12H,13H2,1H3,(H2,25,26,27,28). The van der Waals surface area contributed by atoms with Crippen LogP contribution >= 0.6 is 0 Å². The van der Waals surface area contributed by atoms with Crippen molar-refractivity contribution in [2.24, 2.45) is 4.99 Å². The molecule has 3 rings (SSSR count). The fourth-order valence-corrected chi connectivity index (χ4v) is 2.35. The number of carbonyl (C=O) groups excluding carboxylic acids is 1. The maximum atomic E-state index is 13.8. The maximum absolute atomic E-state index is 13.8. The summed E-state index contributed by atoms with van der Waals surface area (Å²) in [6.07, 6.45) is 3.29. The smallest absolute Gasteiger partial charge is 0.258 e. The average molecular weight is 380 g/mol. The van der Waals surface area contributed by atoms with Gasteiger partial charge in [0.2, 0.25) is 5.96 Å². The number of aromatic nitrogens is 1. The predicted octanol–water partition coefficient (Wildman–Crippen LogP) is 4.07. The molecule has 1 aromatic heterocycles. The van der Waals surface area contributed by atoms with Gasteiger partial charge in [-0.15, -0.1) is 0 Å². The van der Waals surface area contributed by atoms with E-state index in [9.17, 15) is 13.6 Å². The fourth-order valence-electron chi connectivity index (χ4n) is 2.35. The van der Waals surface area contributed by atoms with E-state index in [-0.39, 0.29) is 23.9 Å². The molecule has 3 aromatic rings. The number of hydrogen-bond acceptors (Lipinski definition) is 3. The van der Waals surface area contributed by atoms with Gasteiger partial charge in [0, 0.05) is 23.6 Å². The third-order valence-corrected chi connectivity index (χ3v) is 3.94. The fraction of sp³-hybridized carbons (Fsp3) is 0.0952. The van der Waals surface area contributed by atoms with E-state index < -0.39 is 11.7 Å². The molecule has 0 unspecified atom stereocenters. The Morgan fingerprint density at radius 3 is 2.43 bits per heavy atom. The summed E-state index contributed by atoms with van der Waals surface area (Å²) in [5.41, 5.74) is 2.06. The van der Waals surface area contributed by atoms with Crippen molar-refractivity contribution in [1.82, 2.24) is 10.3 Å². The topological polar surface area (TPSA) is 66.4 Å². The van der Waals surface area contributed by atoms with Crippen molar-refractivity contribution < 1.29 is 13.6 Å². The lowest BCUT2D eigenvalue weighted by molar-refractivity contribution is 0.0976. The molecular weight excluding hydrogens is 362 g/mol. The van der Waals surface area contributed by atoms with E-state index in [4.69, 9.17) is 0 Å². The Morgan fingerprint density at radius 1 is 1.04 bits per heavy atom. The van der Waals surface area contributed by atoms with Crippen molar-refractivity contribution in [3.8, 4) is 0 Å². The number of aliphatic imine (C=N–C) groups is 1. The van der Waals surface area contributed by atoms with Crippen LogP contribution in [0.25, 0.3) is 0 Å². The van der Waals surface area contributed by atoms with Gasteiger partial charge >= 0.3 is 0 Å². The number of benzene rings is 2. The highest BCUT2D eigenvalue weighted by molar-refractivity contribution is 6.09. The third kappa shape index (κ3) is 5.20. The number of amides is 1. The summed E-state index contributed by atoms with van der Waals surface area (Å²) >= 11 is 0. The SMILES string of the molecule is Cc1ccc(C(=O)NC(=NCc2ccncc2)Nc2ccc(F)cc2)cc1F. The highest BCUT2D eigenvalue weighted by Crippen LogP contribution is 2.11. The number of halogens is 2. The molecule has 0 fully saturated rings. The zero-order valence-corrected chi connectivity index (χ0v) is 15.1. The van der Waals surface area contributed by atoms with Gasteiger partial charge in [0.15, 0.2) is 0 Å². The van der Waals surface area contributed by atoms with Gasteiger partial charge in [0.1, 0.15) is 11.6 Å². The van der Waals surface area contributed by atoms with Crippen LogP contribution in [0, 0.1) is 18.6 Å². The van der Waals surface area contributed by atoms with E-state index in [1.54, 1.807) is 31.5 Å². The van der Waals surface area contributed by atoms with Crippen molar-refractivity contribution in [2.45, 2.75) is 13.5 Å². The lowest BCUT2D eigenvalue weighted by Gasteiger charge is -2.12. The van der Waals surface area contributed by atoms with E-state index in [1.165, 1.54) is 42.5 Å². The molecule has 0 aliphatic rings. The molecule has 1 amide bonds. The molecule has 28 heavy (non-hydrogen) atoms. The largest absolute Gasteiger partial charge is 0.326 e. The number of aryl methyl sites for hydroxylation is 1. The summed E-state index contributed by atoms with van der Waals surface area (Å²) in [6.45, 7) is 1.91. The van der Waals surface area contributed by atoms with E-state index in [0.717, 1.165) is 5.56 Å². The Balaban J connectivity index is 1.80. The Hall–Kier alpha value is -3.61. The molecule has 2 aromatic carbocycles. The normalized spacial score (nSPS) is 11.2. The van der Waals surface area contributed by atoms with Gasteiger partial charge < -0.3 is 5.32 Å². The van der Waals surface area contributed by atoms with Crippen molar-refractivity contribution in [1.29, 1.82) is 0 Å². The lowest BCUT2D eigenvalue weighted by atomic mass is 10.1. The van der Waals surface area contributed by atoms with Crippen LogP contribution < -0.4 is 10.6 Å². The van der Waals surface area contributed by atoms with E-state index in [1.807, 2.05) is 0 Å². The van der Waals surface area contributed by atoms with Gasteiger partial charge in [-0.1, -0.05) is 6.07 Å². The predicted molar refractivity (Wildman–Crippen MR) is 104 cm³/mol. The minimum Gasteiger partial charge on any atom is -0.326 e. The number of guanidine groups is 1. The number of pyridine rings is 1. The van der Waals surface area contributed by atoms with Gasteiger partial charge in [0.25, 0.3) is 5.91 Å². The molecule has 0 aliphatic carbocycles.